The van der Waals surface area contributed by atoms with Gasteiger partial charge in [-0.05, 0) is 37.0 Å². The molecule has 1 saturated carbocycles. The fourth-order valence-electron chi connectivity index (χ4n) is 1.83. The minimum Gasteiger partial charge on any atom is -0.453 e. The lowest BCUT2D eigenvalue weighted by molar-refractivity contribution is 0.0951. The Bertz CT molecular complexity index is 552. The number of hydrogen-bond donors (Lipinski definition) is 0. The van der Waals surface area contributed by atoms with Crippen LogP contribution in [0.3, 0.4) is 0 Å². The molecule has 16 heavy (non-hydrogen) atoms. The van der Waals surface area contributed by atoms with Gasteiger partial charge in [-0.15, -0.1) is 0 Å². The van der Waals surface area contributed by atoms with E-state index in [9.17, 15) is 9.18 Å². The van der Waals surface area contributed by atoms with Crippen molar-refractivity contribution < 1.29 is 13.6 Å². The van der Waals surface area contributed by atoms with Gasteiger partial charge < -0.3 is 4.42 Å². The summed E-state index contributed by atoms with van der Waals surface area (Å²) in [7, 11) is 0. The highest BCUT2D eigenvalue weighted by molar-refractivity contribution is 5.97. The summed E-state index contributed by atoms with van der Waals surface area (Å²) in [6.07, 6.45) is 2.84. The maximum Gasteiger partial charge on any atom is 0.198 e. The molecule has 1 aliphatic carbocycles. The molecule has 1 aromatic carbocycles. The molecule has 1 aliphatic rings. The molecule has 0 spiro atoms. The quantitative estimate of drug-likeness (QED) is 0.737. The normalized spacial score (nSPS) is 15.6. The Morgan fingerprint density at radius 2 is 2.19 bits per heavy atom. The topological polar surface area (TPSA) is 30.2 Å². The summed E-state index contributed by atoms with van der Waals surface area (Å²) in [5.41, 5.74) is 0.444. The van der Waals surface area contributed by atoms with E-state index in [1.807, 2.05) is 0 Å². The van der Waals surface area contributed by atoms with Gasteiger partial charge in [0.15, 0.2) is 11.5 Å². The highest BCUT2D eigenvalue weighted by Gasteiger charge is 2.26. The van der Waals surface area contributed by atoms with E-state index in [0.717, 1.165) is 18.2 Å². The number of hydrogen-bond acceptors (Lipinski definition) is 2. The molecule has 0 N–H and O–H groups in total. The third-order valence-corrected chi connectivity index (χ3v) is 2.93. The summed E-state index contributed by atoms with van der Waals surface area (Å²) in [6.45, 7) is 0. The zero-order valence-electron chi connectivity index (χ0n) is 8.70. The van der Waals surface area contributed by atoms with E-state index in [1.165, 1.54) is 12.1 Å². The van der Waals surface area contributed by atoms with Gasteiger partial charge in [-0.1, -0.05) is 0 Å². The van der Waals surface area contributed by atoms with E-state index in [1.54, 1.807) is 12.1 Å². The van der Waals surface area contributed by atoms with Crippen LogP contribution in [0.2, 0.25) is 0 Å². The lowest BCUT2D eigenvalue weighted by Crippen LogP contribution is -1.97. The van der Waals surface area contributed by atoms with Gasteiger partial charge in [0.1, 0.15) is 11.4 Å². The first kappa shape index (κ1) is 9.58. The molecule has 0 bridgehead atoms. The van der Waals surface area contributed by atoms with Gasteiger partial charge >= 0.3 is 0 Å². The van der Waals surface area contributed by atoms with E-state index >= 15 is 0 Å². The first-order chi connectivity index (χ1) is 7.72. The number of fused-ring (bicyclic) bond motifs is 1. The van der Waals surface area contributed by atoms with Gasteiger partial charge in [0.25, 0.3) is 0 Å². The monoisotopic (exact) mass is 218 g/mol. The summed E-state index contributed by atoms with van der Waals surface area (Å²) in [5.74, 6) is 0.576. The molecule has 0 radical (unpaired) electrons. The second-order valence-corrected chi connectivity index (χ2v) is 4.36. The second kappa shape index (κ2) is 3.44. The van der Waals surface area contributed by atoms with Crippen molar-refractivity contribution in [2.75, 3.05) is 0 Å². The van der Waals surface area contributed by atoms with Crippen molar-refractivity contribution in [2.24, 2.45) is 5.92 Å². The van der Waals surface area contributed by atoms with Gasteiger partial charge in [0.05, 0.1) is 0 Å². The van der Waals surface area contributed by atoms with E-state index in [4.69, 9.17) is 4.42 Å². The summed E-state index contributed by atoms with van der Waals surface area (Å²) >= 11 is 0. The highest BCUT2D eigenvalue weighted by atomic mass is 19.1. The third kappa shape index (κ3) is 1.73. The molecule has 1 aromatic heterocycles. The number of furan rings is 1. The van der Waals surface area contributed by atoms with Crippen LogP contribution in [-0.4, -0.2) is 5.78 Å². The van der Waals surface area contributed by atoms with Crippen molar-refractivity contribution in [3.8, 4) is 0 Å². The minimum atomic E-state index is -0.344. The van der Waals surface area contributed by atoms with Crippen LogP contribution >= 0.6 is 0 Å². The zero-order chi connectivity index (χ0) is 11.1. The summed E-state index contributed by atoms with van der Waals surface area (Å²) < 4.78 is 18.3. The summed E-state index contributed by atoms with van der Waals surface area (Å²) in [5, 5.41) is 0.778. The average Bonchev–Trinajstić information content (AvgIpc) is 2.95. The molecule has 0 saturated heterocycles. The standard InChI is InChI=1S/C13H11FO2/c14-10-4-3-9-6-13(16-12(9)7-10)11(15)5-8-1-2-8/h3-4,6-8H,1-2,5H2. The largest absolute Gasteiger partial charge is 0.453 e. The minimum absolute atomic E-state index is 0.0270. The Morgan fingerprint density at radius 3 is 2.94 bits per heavy atom. The van der Waals surface area contributed by atoms with E-state index in [0.29, 0.717) is 23.7 Å². The molecular formula is C13H11FO2. The van der Waals surface area contributed by atoms with Crippen molar-refractivity contribution in [1.29, 1.82) is 0 Å². The highest BCUT2D eigenvalue weighted by Crippen LogP contribution is 2.34. The van der Waals surface area contributed by atoms with E-state index in [-0.39, 0.29) is 11.6 Å². The zero-order valence-corrected chi connectivity index (χ0v) is 8.70. The van der Waals surface area contributed by atoms with Crippen molar-refractivity contribution >= 4 is 16.8 Å². The van der Waals surface area contributed by atoms with Gasteiger partial charge in [-0.3, -0.25) is 4.79 Å². The first-order valence-electron chi connectivity index (χ1n) is 5.45. The molecule has 0 atom stereocenters. The Kier molecular flexibility index (Phi) is 2.06. The lowest BCUT2D eigenvalue weighted by Gasteiger charge is -1.92. The van der Waals surface area contributed by atoms with Gasteiger partial charge in [-0.2, -0.15) is 0 Å². The number of benzene rings is 1. The molecule has 2 nitrogen and oxygen atoms in total. The predicted octanol–water partition coefficient (Wildman–Crippen LogP) is 3.55. The smallest absolute Gasteiger partial charge is 0.198 e. The van der Waals surface area contributed by atoms with Crippen LogP contribution in [0.5, 0.6) is 0 Å². The Labute approximate surface area is 92.1 Å². The average molecular weight is 218 g/mol. The SMILES string of the molecule is O=C(CC1CC1)c1cc2ccc(F)cc2o1. The maximum absolute atomic E-state index is 12.9. The summed E-state index contributed by atoms with van der Waals surface area (Å²) in [6, 6.07) is 6.00. The molecule has 0 aliphatic heterocycles. The number of carbonyl (C=O) groups is 1. The van der Waals surface area contributed by atoms with Gasteiger partial charge in [0, 0.05) is 17.9 Å². The lowest BCUT2D eigenvalue weighted by atomic mass is 10.1. The van der Waals surface area contributed by atoms with Crippen molar-refractivity contribution in [2.45, 2.75) is 19.3 Å². The molecule has 2 aromatic rings. The third-order valence-electron chi connectivity index (χ3n) is 2.93. The van der Waals surface area contributed by atoms with Crippen LogP contribution in [0.15, 0.2) is 28.7 Å². The Morgan fingerprint density at radius 1 is 1.38 bits per heavy atom. The van der Waals surface area contributed by atoms with Crippen LogP contribution in [-0.2, 0) is 0 Å². The van der Waals surface area contributed by atoms with Crippen molar-refractivity contribution in [1.82, 2.24) is 0 Å². The molecular weight excluding hydrogens is 207 g/mol. The van der Waals surface area contributed by atoms with E-state index < -0.39 is 0 Å². The number of carbonyl (C=O) groups excluding carboxylic acids is 1. The molecule has 3 heteroatoms. The molecule has 1 heterocycles. The molecule has 82 valence electrons. The number of Topliss-reactive ketones (excluding diaryl/α,β-unsaturated/α-hetero) is 1. The summed E-state index contributed by atoms with van der Waals surface area (Å²) in [4.78, 5) is 11.8. The second-order valence-electron chi connectivity index (χ2n) is 4.36. The number of rotatable bonds is 3. The fraction of sp³-hybridized carbons (Fsp3) is 0.308. The Hall–Kier alpha value is -1.64. The van der Waals surface area contributed by atoms with Gasteiger partial charge in [0.2, 0.25) is 0 Å². The molecule has 0 amide bonds. The Balaban J connectivity index is 1.94. The van der Waals surface area contributed by atoms with Crippen LogP contribution in [0.1, 0.15) is 29.8 Å². The van der Waals surface area contributed by atoms with Crippen molar-refractivity contribution in [3.63, 3.8) is 0 Å². The molecule has 3 rings (SSSR count). The predicted molar refractivity (Wildman–Crippen MR) is 57.8 cm³/mol. The van der Waals surface area contributed by atoms with E-state index in [2.05, 4.69) is 0 Å². The van der Waals surface area contributed by atoms with Crippen molar-refractivity contribution in [3.05, 3.63) is 35.8 Å². The first-order valence-corrected chi connectivity index (χ1v) is 5.45. The fourth-order valence-corrected chi connectivity index (χ4v) is 1.83. The van der Waals surface area contributed by atoms with Gasteiger partial charge in [-0.25, -0.2) is 4.39 Å². The van der Waals surface area contributed by atoms with Crippen LogP contribution in [0.4, 0.5) is 4.39 Å². The maximum atomic E-state index is 12.9. The van der Waals surface area contributed by atoms with Crippen LogP contribution in [0, 0.1) is 11.7 Å². The van der Waals surface area contributed by atoms with Crippen LogP contribution in [0.25, 0.3) is 11.0 Å². The number of ketones is 1. The number of halogens is 1. The molecule has 0 unspecified atom stereocenters. The van der Waals surface area contributed by atoms with Crippen LogP contribution < -0.4 is 0 Å². The molecule has 1 fully saturated rings.